The Morgan fingerprint density at radius 3 is 2.64 bits per heavy atom. The van der Waals surface area contributed by atoms with E-state index in [1.54, 1.807) is 0 Å². The van der Waals surface area contributed by atoms with Gasteiger partial charge in [0.05, 0.1) is 17.4 Å². The second-order valence-corrected chi connectivity index (χ2v) is 8.68. The Labute approximate surface area is 132 Å². The molecule has 0 radical (unpaired) electrons. The number of amides is 1. The average molecular weight is 321 g/mol. The molecule has 2 heterocycles. The first-order valence-corrected chi connectivity index (χ1v) is 9.92. The highest BCUT2D eigenvalue weighted by molar-refractivity contribution is 7.91. The minimum absolute atomic E-state index is 0.0493. The van der Waals surface area contributed by atoms with Crippen LogP contribution < -0.4 is 0 Å². The van der Waals surface area contributed by atoms with Gasteiger partial charge in [-0.05, 0) is 37.7 Å². The Bertz CT molecular complexity index is 627. The molecule has 0 bridgehead atoms. The van der Waals surface area contributed by atoms with E-state index in [-0.39, 0.29) is 29.4 Å². The first kappa shape index (κ1) is 15.5. The van der Waals surface area contributed by atoms with Crippen LogP contribution in [0.2, 0.25) is 0 Å². The van der Waals surface area contributed by atoms with Crippen LogP contribution in [-0.2, 0) is 21.1 Å². The SMILES string of the molecule is O=C([C@H]1CCS(=O)(=O)C1)N1CCC[C@@H]1CCc1ccccc1. The lowest BCUT2D eigenvalue weighted by molar-refractivity contribution is -0.135. The number of carbonyl (C=O) groups excluding carboxylic acids is 1. The molecule has 3 rings (SSSR count). The molecule has 0 spiro atoms. The molecule has 2 saturated heterocycles. The predicted molar refractivity (Wildman–Crippen MR) is 86.3 cm³/mol. The van der Waals surface area contributed by atoms with Crippen molar-refractivity contribution in [2.45, 2.75) is 38.1 Å². The monoisotopic (exact) mass is 321 g/mol. The second-order valence-electron chi connectivity index (χ2n) is 6.45. The number of hydrogen-bond acceptors (Lipinski definition) is 3. The topological polar surface area (TPSA) is 54.5 Å². The van der Waals surface area contributed by atoms with Gasteiger partial charge in [0.25, 0.3) is 0 Å². The smallest absolute Gasteiger partial charge is 0.226 e. The standard InChI is InChI=1S/C17H23NO3S/c19-17(15-10-12-22(20,21)13-15)18-11-4-7-16(18)9-8-14-5-2-1-3-6-14/h1-3,5-6,15-16H,4,7-13H2/t15-,16+/m0/s1. The second kappa shape index (κ2) is 6.41. The molecule has 2 fully saturated rings. The van der Waals surface area contributed by atoms with E-state index in [1.165, 1.54) is 5.56 Å². The molecule has 4 nitrogen and oxygen atoms in total. The van der Waals surface area contributed by atoms with Gasteiger partial charge in [0.1, 0.15) is 0 Å². The van der Waals surface area contributed by atoms with Gasteiger partial charge >= 0.3 is 0 Å². The van der Waals surface area contributed by atoms with Gasteiger partial charge in [0.2, 0.25) is 5.91 Å². The highest BCUT2D eigenvalue weighted by Crippen LogP contribution is 2.27. The zero-order valence-corrected chi connectivity index (χ0v) is 13.6. The van der Waals surface area contributed by atoms with E-state index in [1.807, 2.05) is 23.1 Å². The Balaban J connectivity index is 1.59. The number of rotatable bonds is 4. The van der Waals surface area contributed by atoms with Crippen LogP contribution >= 0.6 is 0 Å². The highest BCUT2D eigenvalue weighted by atomic mass is 32.2. The molecule has 22 heavy (non-hydrogen) atoms. The van der Waals surface area contributed by atoms with E-state index in [4.69, 9.17) is 0 Å². The third-order valence-corrected chi connectivity index (χ3v) is 6.62. The number of sulfone groups is 1. The molecule has 0 aliphatic carbocycles. The summed E-state index contributed by atoms with van der Waals surface area (Å²) < 4.78 is 23.2. The van der Waals surface area contributed by atoms with Gasteiger partial charge in [-0.3, -0.25) is 4.79 Å². The summed E-state index contributed by atoms with van der Waals surface area (Å²) in [5, 5.41) is 0. The van der Waals surface area contributed by atoms with Crippen molar-refractivity contribution in [3.8, 4) is 0 Å². The molecule has 5 heteroatoms. The lowest BCUT2D eigenvalue weighted by atomic mass is 10.0. The molecule has 0 N–H and O–H groups in total. The van der Waals surface area contributed by atoms with Crippen molar-refractivity contribution in [1.82, 2.24) is 4.90 Å². The lowest BCUT2D eigenvalue weighted by Gasteiger charge is -2.27. The maximum atomic E-state index is 12.6. The van der Waals surface area contributed by atoms with Crippen molar-refractivity contribution < 1.29 is 13.2 Å². The summed E-state index contributed by atoms with van der Waals surface area (Å²) in [6, 6.07) is 10.6. The number of likely N-dealkylation sites (tertiary alicyclic amines) is 1. The van der Waals surface area contributed by atoms with Gasteiger partial charge < -0.3 is 4.90 Å². The maximum absolute atomic E-state index is 12.6. The van der Waals surface area contributed by atoms with Crippen LogP contribution in [0.3, 0.4) is 0 Å². The molecule has 2 aliphatic heterocycles. The zero-order chi connectivity index (χ0) is 15.6. The van der Waals surface area contributed by atoms with E-state index in [0.717, 1.165) is 32.2 Å². The van der Waals surface area contributed by atoms with Gasteiger partial charge in [-0.1, -0.05) is 30.3 Å². The molecular weight excluding hydrogens is 298 g/mol. The van der Waals surface area contributed by atoms with Crippen molar-refractivity contribution in [1.29, 1.82) is 0 Å². The molecule has 1 aromatic carbocycles. The molecule has 0 unspecified atom stereocenters. The number of carbonyl (C=O) groups is 1. The van der Waals surface area contributed by atoms with Crippen molar-refractivity contribution in [3.63, 3.8) is 0 Å². The Kier molecular flexibility index (Phi) is 4.52. The van der Waals surface area contributed by atoms with Gasteiger partial charge in [-0.15, -0.1) is 0 Å². The van der Waals surface area contributed by atoms with Crippen molar-refractivity contribution in [2.75, 3.05) is 18.1 Å². The number of nitrogens with zero attached hydrogens (tertiary/aromatic N) is 1. The van der Waals surface area contributed by atoms with E-state index in [9.17, 15) is 13.2 Å². The third kappa shape index (κ3) is 3.51. The van der Waals surface area contributed by atoms with Crippen molar-refractivity contribution in [2.24, 2.45) is 5.92 Å². The summed E-state index contributed by atoms with van der Waals surface area (Å²) in [7, 11) is -2.99. The molecular formula is C17H23NO3S. The molecule has 120 valence electrons. The summed E-state index contributed by atoms with van der Waals surface area (Å²) in [6.45, 7) is 0.787. The van der Waals surface area contributed by atoms with Crippen molar-refractivity contribution in [3.05, 3.63) is 35.9 Å². The van der Waals surface area contributed by atoms with E-state index >= 15 is 0 Å². The van der Waals surface area contributed by atoms with Gasteiger partial charge in [0, 0.05) is 12.6 Å². The fourth-order valence-electron chi connectivity index (χ4n) is 3.63. The van der Waals surface area contributed by atoms with Crippen LogP contribution in [0, 0.1) is 5.92 Å². The Morgan fingerprint density at radius 1 is 1.18 bits per heavy atom. The first-order chi connectivity index (χ1) is 10.6. The summed E-state index contributed by atoms with van der Waals surface area (Å²) in [5.74, 6) is -0.0152. The van der Waals surface area contributed by atoms with Crippen LogP contribution in [0.1, 0.15) is 31.2 Å². The van der Waals surface area contributed by atoms with Gasteiger partial charge in [-0.2, -0.15) is 0 Å². The van der Waals surface area contributed by atoms with Gasteiger partial charge in [-0.25, -0.2) is 8.42 Å². The third-order valence-electron chi connectivity index (χ3n) is 4.85. The van der Waals surface area contributed by atoms with Crippen LogP contribution in [0.5, 0.6) is 0 Å². The molecule has 2 atom stereocenters. The van der Waals surface area contributed by atoms with Gasteiger partial charge in [0.15, 0.2) is 9.84 Å². The van der Waals surface area contributed by atoms with Crippen LogP contribution in [-0.4, -0.2) is 43.3 Å². The quantitative estimate of drug-likeness (QED) is 0.853. The van der Waals surface area contributed by atoms with E-state index < -0.39 is 9.84 Å². The first-order valence-electron chi connectivity index (χ1n) is 8.10. The average Bonchev–Trinajstić information content (AvgIpc) is 3.11. The summed E-state index contributed by atoms with van der Waals surface area (Å²) in [6.07, 6.45) is 4.51. The minimum Gasteiger partial charge on any atom is -0.339 e. The predicted octanol–water partition coefficient (Wildman–Crippen LogP) is 2.04. The highest BCUT2D eigenvalue weighted by Gasteiger charge is 2.38. The van der Waals surface area contributed by atoms with Crippen LogP contribution in [0.25, 0.3) is 0 Å². The van der Waals surface area contributed by atoms with E-state index in [2.05, 4.69) is 12.1 Å². The summed E-state index contributed by atoms with van der Waals surface area (Å²) in [4.78, 5) is 14.6. The summed E-state index contributed by atoms with van der Waals surface area (Å²) in [5.41, 5.74) is 1.30. The molecule has 0 saturated carbocycles. The number of hydrogen-bond donors (Lipinski definition) is 0. The number of aryl methyl sites for hydroxylation is 1. The maximum Gasteiger partial charge on any atom is 0.226 e. The largest absolute Gasteiger partial charge is 0.339 e. The molecule has 1 aromatic rings. The van der Waals surface area contributed by atoms with Crippen LogP contribution in [0.15, 0.2) is 30.3 Å². The number of benzene rings is 1. The fraction of sp³-hybridized carbons (Fsp3) is 0.588. The fourth-order valence-corrected chi connectivity index (χ4v) is 5.36. The Morgan fingerprint density at radius 2 is 1.95 bits per heavy atom. The summed E-state index contributed by atoms with van der Waals surface area (Å²) >= 11 is 0. The minimum atomic E-state index is -2.99. The van der Waals surface area contributed by atoms with Crippen LogP contribution in [0.4, 0.5) is 0 Å². The van der Waals surface area contributed by atoms with Crippen molar-refractivity contribution >= 4 is 15.7 Å². The molecule has 1 amide bonds. The zero-order valence-electron chi connectivity index (χ0n) is 12.8. The lowest BCUT2D eigenvalue weighted by Crippen LogP contribution is -2.40. The van der Waals surface area contributed by atoms with E-state index in [0.29, 0.717) is 6.42 Å². The molecule has 2 aliphatic rings. The Hall–Kier alpha value is -1.36. The molecule has 0 aromatic heterocycles. The normalized spacial score (nSPS) is 27.2.